The Hall–Kier alpha value is -0.380. The van der Waals surface area contributed by atoms with E-state index in [9.17, 15) is 19.1 Å². The van der Waals surface area contributed by atoms with Gasteiger partial charge in [-0.25, -0.2) is 0 Å². The molecule has 15 heavy (non-hydrogen) atoms. The topological polar surface area (TPSA) is 83.8 Å². The fourth-order valence-corrected chi connectivity index (χ4v) is 2.06. The van der Waals surface area contributed by atoms with E-state index in [1.165, 1.54) is 14.0 Å². The summed E-state index contributed by atoms with van der Waals surface area (Å²) in [6.45, 7) is 3.36. The van der Waals surface area contributed by atoms with Crippen LogP contribution in [0, 0.1) is 0 Å². The van der Waals surface area contributed by atoms with Gasteiger partial charge in [0.25, 0.3) is 0 Å². The molecular weight excluding hydrogens is 219 g/mol. The SMILES string of the molecule is CCCCC(C)(CC(=O)OC)P(=O)(O)O. The van der Waals surface area contributed by atoms with Gasteiger partial charge in [0, 0.05) is 0 Å². The third-order valence-corrected chi connectivity index (χ3v) is 4.31. The van der Waals surface area contributed by atoms with Crippen LogP contribution < -0.4 is 0 Å². The zero-order valence-corrected chi connectivity index (χ0v) is 10.3. The number of rotatable bonds is 6. The Kier molecular flexibility index (Phi) is 5.49. The average molecular weight is 238 g/mol. The minimum Gasteiger partial charge on any atom is -0.469 e. The molecule has 0 radical (unpaired) electrons. The highest BCUT2D eigenvalue weighted by Gasteiger charge is 2.43. The monoisotopic (exact) mass is 238 g/mol. The van der Waals surface area contributed by atoms with Crippen LogP contribution in [0.4, 0.5) is 0 Å². The van der Waals surface area contributed by atoms with Crippen LogP contribution in [0.2, 0.25) is 0 Å². The summed E-state index contributed by atoms with van der Waals surface area (Å²) in [5.41, 5.74) is 0. The van der Waals surface area contributed by atoms with Crippen molar-refractivity contribution in [2.75, 3.05) is 7.11 Å². The molecule has 1 unspecified atom stereocenters. The molecule has 0 saturated heterocycles. The van der Waals surface area contributed by atoms with E-state index in [4.69, 9.17) is 0 Å². The van der Waals surface area contributed by atoms with Crippen molar-refractivity contribution < 1.29 is 23.9 Å². The molecule has 0 heterocycles. The van der Waals surface area contributed by atoms with Crippen molar-refractivity contribution in [3.05, 3.63) is 0 Å². The van der Waals surface area contributed by atoms with Crippen molar-refractivity contribution in [3.63, 3.8) is 0 Å². The molecule has 0 amide bonds. The van der Waals surface area contributed by atoms with E-state index in [1.54, 1.807) is 0 Å². The molecule has 0 aliphatic rings. The van der Waals surface area contributed by atoms with Crippen LogP contribution in [-0.4, -0.2) is 28.0 Å². The molecule has 0 bridgehead atoms. The highest BCUT2D eigenvalue weighted by molar-refractivity contribution is 7.53. The van der Waals surface area contributed by atoms with E-state index in [1.807, 2.05) is 6.92 Å². The maximum Gasteiger partial charge on any atom is 0.331 e. The minimum absolute atomic E-state index is 0.242. The van der Waals surface area contributed by atoms with Gasteiger partial charge in [-0.3, -0.25) is 9.36 Å². The maximum absolute atomic E-state index is 11.3. The van der Waals surface area contributed by atoms with Gasteiger partial charge in [-0.15, -0.1) is 0 Å². The van der Waals surface area contributed by atoms with Gasteiger partial charge in [-0.2, -0.15) is 0 Å². The molecule has 0 aromatic heterocycles. The second-order valence-electron chi connectivity index (χ2n) is 3.90. The maximum atomic E-state index is 11.3. The number of ether oxygens (including phenoxy) is 1. The van der Waals surface area contributed by atoms with Crippen molar-refractivity contribution in [2.24, 2.45) is 0 Å². The van der Waals surface area contributed by atoms with Crippen LogP contribution in [0.25, 0.3) is 0 Å². The van der Waals surface area contributed by atoms with Gasteiger partial charge in [-0.1, -0.05) is 19.8 Å². The van der Waals surface area contributed by atoms with Gasteiger partial charge in [0.1, 0.15) is 0 Å². The Morgan fingerprint density at radius 1 is 1.47 bits per heavy atom. The standard InChI is InChI=1S/C9H19O5P/c1-4-5-6-9(2,15(11,12)13)7-8(10)14-3/h4-7H2,1-3H3,(H2,11,12,13). The molecule has 0 spiro atoms. The third-order valence-electron chi connectivity index (χ3n) is 2.52. The van der Waals surface area contributed by atoms with E-state index in [-0.39, 0.29) is 6.42 Å². The summed E-state index contributed by atoms with van der Waals surface area (Å²) >= 11 is 0. The Balaban J connectivity index is 4.71. The third kappa shape index (κ3) is 4.33. The molecule has 0 fully saturated rings. The molecular formula is C9H19O5P. The number of unbranched alkanes of at least 4 members (excludes halogenated alkanes) is 1. The molecule has 0 aromatic carbocycles. The quantitative estimate of drug-likeness (QED) is 0.543. The number of hydrogen-bond acceptors (Lipinski definition) is 3. The average Bonchev–Trinajstić information content (AvgIpc) is 2.12. The van der Waals surface area contributed by atoms with Gasteiger partial charge in [-0.05, 0) is 13.3 Å². The van der Waals surface area contributed by atoms with Gasteiger partial charge in [0.2, 0.25) is 0 Å². The largest absolute Gasteiger partial charge is 0.469 e. The summed E-state index contributed by atoms with van der Waals surface area (Å²) in [6.07, 6.45) is 1.59. The molecule has 0 saturated carbocycles. The van der Waals surface area contributed by atoms with Gasteiger partial charge < -0.3 is 14.5 Å². The second-order valence-corrected chi connectivity index (χ2v) is 6.07. The molecule has 90 valence electrons. The van der Waals surface area contributed by atoms with E-state index >= 15 is 0 Å². The van der Waals surface area contributed by atoms with Gasteiger partial charge in [0.15, 0.2) is 0 Å². The summed E-state index contributed by atoms with van der Waals surface area (Å²) in [6, 6.07) is 0. The van der Waals surface area contributed by atoms with Crippen molar-refractivity contribution in [3.8, 4) is 0 Å². The molecule has 1 atom stereocenters. The number of methoxy groups -OCH3 is 1. The Labute approximate surface area is 90.0 Å². The van der Waals surface area contributed by atoms with Gasteiger partial charge >= 0.3 is 13.6 Å². The fourth-order valence-electron chi connectivity index (χ4n) is 1.28. The zero-order chi connectivity index (χ0) is 12.1. The first-order valence-electron chi connectivity index (χ1n) is 4.89. The fraction of sp³-hybridized carbons (Fsp3) is 0.889. The van der Waals surface area contributed by atoms with Crippen molar-refractivity contribution in [2.45, 2.75) is 44.7 Å². The smallest absolute Gasteiger partial charge is 0.331 e. The number of hydrogen-bond donors (Lipinski definition) is 2. The van der Waals surface area contributed by atoms with E-state index in [2.05, 4.69) is 4.74 Å². The van der Waals surface area contributed by atoms with Crippen LogP contribution in [-0.2, 0) is 14.1 Å². The first-order chi connectivity index (χ1) is 6.77. The highest BCUT2D eigenvalue weighted by Crippen LogP contribution is 2.55. The summed E-state index contributed by atoms with van der Waals surface area (Å²) < 4.78 is 15.7. The highest BCUT2D eigenvalue weighted by atomic mass is 31.2. The Morgan fingerprint density at radius 3 is 2.33 bits per heavy atom. The second kappa shape index (κ2) is 5.64. The minimum atomic E-state index is -4.29. The zero-order valence-electron chi connectivity index (χ0n) is 9.39. The van der Waals surface area contributed by atoms with Crippen LogP contribution in [0.3, 0.4) is 0 Å². The van der Waals surface area contributed by atoms with E-state index in [0.717, 1.165) is 6.42 Å². The lowest BCUT2D eigenvalue weighted by Crippen LogP contribution is -2.29. The molecule has 5 nitrogen and oxygen atoms in total. The van der Waals surface area contributed by atoms with Crippen LogP contribution >= 0.6 is 7.60 Å². The molecule has 0 rings (SSSR count). The van der Waals surface area contributed by atoms with Crippen molar-refractivity contribution in [1.29, 1.82) is 0 Å². The van der Waals surface area contributed by atoms with E-state index in [0.29, 0.717) is 12.8 Å². The molecule has 6 heteroatoms. The predicted molar refractivity (Wildman–Crippen MR) is 56.6 cm³/mol. The molecule has 0 aromatic rings. The molecule has 0 aliphatic carbocycles. The van der Waals surface area contributed by atoms with Crippen LogP contribution in [0.1, 0.15) is 39.5 Å². The summed E-state index contributed by atoms with van der Waals surface area (Å²) in [4.78, 5) is 29.5. The Bertz CT molecular complexity index is 259. The lowest BCUT2D eigenvalue weighted by atomic mass is 10.00. The van der Waals surface area contributed by atoms with Crippen LogP contribution in [0.5, 0.6) is 0 Å². The Morgan fingerprint density at radius 2 is 2.00 bits per heavy atom. The number of esters is 1. The lowest BCUT2D eigenvalue weighted by Gasteiger charge is -2.29. The van der Waals surface area contributed by atoms with Crippen molar-refractivity contribution in [1.82, 2.24) is 0 Å². The predicted octanol–water partition coefficient (Wildman–Crippen LogP) is 1.68. The van der Waals surface area contributed by atoms with E-state index < -0.39 is 18.7 Å². The first-order valence-corrected chi connectivity index (χ1v) is 6.50. The lowest BCUT2D eigenvalue weighted by molar-refractivity contribution is -0.141. The summed E-state index contributed by atoms with van der Waals surface area (Å²) in [5.74, 6) is -0.586. The molecule has 2 N–H and O–H groups in total. The first kappa shape index (κ1) is 14.6. The summed E-state index contributed by atoms with van der Waals surface area (Å²) in [7, 11) is -3.07. The van der Waals surface area contributed by atoms with Crippen LogP contribution in [0.15, 0.2) is 0 Å². The number of carbonyl (C=O) groups is 1. The number of carbonyl (C=O) groups excluding carboxylic acids is 1. The van der Waals surface area contributed by atoms with Crippen molar-refractivity contribution >= 4 is 13.6 Å². The van der Waals surface area contributed by atoms with Gasteiger partial charge in [0.05, 0.1) is 18.7 Å². The molecule has 0 aliphatic heterocycles. The normalized spacial score (nSPS) is 15.8. The summed E-state index contributed by atoms with van der Waals surface area (Å²) in [5, 5.41) is -1.30.